The van der Waals surface area contributed by atoms with Gasteiger partial charge in [0, 0.05) is 18.4 Å². The molecule has 4 heteroatoms. The minimum atomic E-state index is -0.237. The molecule has 2 N–H and O–H groups in total. The Morgan fingerprint density at radius 1 is 1.28 bits per heavy atom. The van der Waals surface area contributed by atoms with E-state index in [2.05, 4.69) is 68.3 Å². The Labute approximate surface area is 149 Å². The second-order valence-electron chi connectivity index (χ2n) is 7.53. The molecule has 2 heterocycles. The highest BCUT2D eigenvalue weighted by Gasteiger charge is 2.33. The standard InChI is InChI=1S/C21H25N3O/c1-14(10-16-8-6-5-7-9-16)23-20-18(12-22)17-11-21(3,4)25-13-19(17)15(2)24-20/h5-9,14H,10-11,13H2,1-4H3,(H,23,24)/p+1/t14-/m1/s1. The number of nitriles is 1. The van der Waals surface area contributed by atoms with Crippen LogP contribution in [0, 0.1) is 18.3 Å². The van der Waals surface area contributed by atoms with Crippen molar-refractivity contribution < 1.29 is 9.72 Å². The number of aromatic nitrogens is 1. The van der Waals surface area contributed by atoms with Gasteiger partial charge in [-0.3, -0.25) is 5.32 Å². The van der Waals surface area contributed by atoms with E-state index in [1.165, 1.54) is 5.56 Å². The van der Waals surface area contributed by atoms with E-state index >= 15 is 0 Å². The predicted molar refractivity (Wildman–Crippen MR) is 98.3 cm³/mol. The van der Waals surface area contributed by atoms with Crippen LogP contribution in [0.15, 0.2) is 30.3 Å². The summed E-state index contributed by atoms with van der Waals surface area (Å²) in [4.78, 5) is 3.39. The number of nitrogens with zero attached hydrogens (tertiary/aromatic N) is 1. The van der Waals surface area contributed by atoms with E-state index in [-0.39, 0.29) is 11.6 Å². The number of fused-ring (bicyclic) bond motifs is 1. The lowest BCUT2D eigenvalue weighted by Gasteiger charge is -2.32. The number of H-pyrrole nitrogens is 1. The Hall–Kier alpha value is -2.38. The van der Waals surface area contributed by atoms with Gasteiger partial charge in [0.2, 0.25) is 0 Å². The number of benzene rings is 1. The van der Waals surface area contributed by atoms with Gasteiger partial charge in [0.1, 0.15) is 17.3 Å². The first kappa shape index (κ1) is 17.4. The average molecular weight is 336 g/mol. The topological polar surface area (TPSA) is 59.2 Å². The van der Waals surface area contributed by atoms with Gasteiger partial charge in [0.25, 0.3) is 5.82 Å². The molecule has 1 aromatic heterocycles. The van der Waals surface area contributed by atoms with Crippen LogP contribution in [0.3, 0.4) is 0 Å². The Morgan fingerprint density at radius 2 is 2.00 bits per heavy atom. The van der Waals surface area contributed by atoms with Crippen molar-refractivity contribution in [2.24, 2.45) is 0 Å². The minimum Gasteiger partial charge on any atom is -0.370 e. The molecule has 0 aliphatic carbocycles. The molecule has 1 aliphatic rings. The summed E-state index contributed by atoms with van der Waals surface area (Å²) in [6, 6.07) is 13.0. The average Bonchev–Trinajstić information content (AvgIpc) is 2.55. The van der Waals surface area contributed by atoms with E-state index < -0.39 is 0 Å². The third-order valence-electron chi connectivity index (χ3n) is 4.78. The van der Waals surface area contributed by atoms with E-state index in [0.717, 1.165) is 41.0 Å². The molecule has 1 aliphatic heterocycles. The number of rotatable bonds is 4. The zero-order chi connectivity index (χ0) is 18.0. The fraction of sp³-hybridized carbons (Fsp3) is 0.429. The maximum atomic E-state index is 9.79. The van der Waals surface area contributed by atoms with Crippen LogP contribution in [0.2, 0.25) is 0 Å². The summed E-state index contributed by atoms with van der Waals surface area (Å²) in [6.07, 6.45) is 1.66. The molecule has 130 valence electrons. The van der Waals surface area contributed by atoms with Crippen molar-refractivity contribution in [2.45, 2.75) is 58.8 Å². The fourth-order valence-electron chi connectivity index (χ4n) is 3.49. The van der Waals surface area contributed by atoms with Gasteiger partial charge in [0.05, 0.1) is 18.2 Å². The monoisotopic (exact) mass is 336 g/mol. The first-order valence-corrected chi connectivity index (χ1v) is 8.82. The number of pyridine rings is 1. The van der Waals surface area contributed by atoms with Crippen molar-refractivity contribution in [3.63, 3.8) is 0 Å². The first-order chi connectivity index (χ1) is 11.9. The molecular formula is C21H26N3O+. The van der Waals surface area contributed by atoms with Crippen LogP contribution in [-0.2, 0) is 24.2 Å². The van der Waals surface area contributed by atoms with E-state index in [1.807, 2.05) is 6.07 Å². The molecule has 0 amide bonds. The van der Waals surface area contributed by atoms with Gasteiger partial charge >= 0.3 is 0 Å². The van der Waals surface area contributed by atoms with Crippen LogP contribution in [-0.4, -0.2) is 11.6 Å². The van der Waals surface area contributed by atoms with Gasteiger partial charge in [-0.15, -0.1) is 0 Å². The van der Waals surface area contributed by atoms with Crippen molar-refractivity contribution in [1.82, 2.24) is 0 Å². The van der Waals surface area contributed by atoms with Crippen LogP contribution in [0.25, 0.3) is 0 Å². The quantitative estimate of drug-likeness (QED) is 0.928. The number of nitrogens with one attached hydrogen (secondary N) is 2. The Kier molecular flexibility index (Phi) is 4.78. The second-order valence-corrected chi connectivity index (χ2v) is 7.53. The third-order valence-corrected chi connectivity index (χ3v) is 4.78. The number of hydrogen-bond acceptors (Lipinski definition) is 3. The van der Waals surface area contributed by atoms with Gasteiger partial charge in [-0.2, -0.15) is 5.26 Å². The highest BCUT2D eigenvalue weighted by Crippen LogP contribution is 2.32. The lowest BCUT2D eigenvalue weighted by Crippen LogP contribution is -2.36. The normalized spacial score (nSPS) is 16.6. The summed E-state index contributed by atoms with van der Waals surface area (Å²) in [5.74, 6) is 0.819. The van der Waals surface area contributed by atoms with E-state index in [4.69, 9.17) is 4.74 Å². The molecular weight excluding hydrogens is 310 g/mol. The van der Waals surface area contributed by atoms with Crippen LogP contribution >= 0.6 is 0 Å². The number of ether oxygens (including phenoxy) is 1. The molecule has 1 atom stereocenters. The molecule has 25 heavy (non-hydrogen) atoms. The SMILES string of the molecule is Cc1[nH+]c(N[C@H](C)Cc2ccccc2)c(C#N)c2c1COC(C)(C)C2. The highest BCUT2D eigenvalue weighted by atomic mass is 16.5. The van der Waals surface area contributed by atoms with Crippen molar-refractivity contribution in [1.29, 1.82) is 5.26 Å². The number of hydrogen-bond donors (Lipinski definition) is 1. The van der Waals surface area contributed by atoms with Crippen molar-refractivity contribution in [3.05, 3.63) is 58.3 Å². The molecule has 4 nitrogen and oxygen atoms in total. The van der Waals surface area contributed by atoms with Crippen LogP contribution < -0.4 is 10.3 Å². The molecule has 0 unspecified atom stereocenters. The summed E-state index contributed by atoms with van der Waals surface area (Å²) < 4.78 is 5.92. The van der Waals surface area contributed by atoms with Gasteiger partial charge in [-0.05, 0) is 38.8 Å². The van der Waals surface area contributed by atoms with Crippen LogP contribution in [0.1, 0.15) is 48.7 Å². The largest absolute Gasteiger partial charge is 0.370 e. The van der Waals surface area contributed by atoms with Gasteiger partial charge in [-0.25, -0.2) is 4.98 Å². The fourth-order valence-corrected chi connectivity index (χ4v) is 3.49. The van der Waals surface area contributed by atoms with Crippen molar-refractivity contribution >= 4 is 5.82 Å². The number of aromatic amines is 1. The smallest absolute Gasteiger partial charge is 0.291 e. The molecule has 0 spiro atoms. The predicted octanol–water partition coefficient (Wildman–Crippen LogP) is 3.58. The lowest BCUT2D eigenvalue weighted by atomic mass is 9.88. The molecule has 0 bridgehead atoms. The second kappa shape index (κ2) is 6.85. The Bertz CT molecular complexity index is 806. The van der Waals surface area contributed by atoms with Crippen molar-refractivity contribution in [2.75, 3.05) is 5.32 Å². The number of anilines is 1. The summed E-state index contributed by atoms with van der Waals surface area (Å²) in [7, 11) is 0. The molecule has 3 rings (SSSR count). The first-order valence-electron chi connectivity index (χ1n) is 8.82. The van der Waals surface area contributed by atoms with Crippen molar-refractivity contribution in [3.8, 4) is 6.07 Å². The molecule has 0 fully saturated rings. The molecule has 0 saturated heterocycles. The molecule has 1 aromatic carbocycles. The molecule has 0 saturated carbocycles. The lowest BCUT2D eigenvalue weighted by molar-refractivity contribution is -0.373. The van der Waals surface area contributed by atoms with Gasteiger partial charge < -0.3 is 4.74 Å². The maximum Gasteiger partial charge on any atom is 0.291 e. The molecule has 0 radical (unpaired) electrons. The van der Waals surface area contributed by atoms with Crippen LogP contribution in [0.4, 0.5) is 5.82 Å². The summed E-state index contributed by atoms with van der Waals surface area (Å²) in [5.41, 5.74) is 5.07. The van der Waals surface area contributed by atoms with Crippen LogP contribution in [0.5, 0.6) is 0 Å². The summed E-state index contributed by atoms with van der Waals surface area (Å²) in [5, 5.41) is 13.3. The number of aryl methyl sites for hydroxylation is 1. The third kappa shape index (κ3) is 3.83. The zero-order valence-corrected chi connectivity index (χ0v) is 15.4. The maximum absolute atomic E-state index is 9.79. The molecule has 2 aromatic rings. The van der Waals surface area contributed by atoms with E-state index in [9.17, 15) is 5.26 Å². The highest BCUT2D eigenvalue weighted by molar-refractivity contribution is 5.57. The van der Waals surface area contributed by atoms with Gasteiger partial charge in [0.15, 0.2) is 0 Å². The van der Waals surface area contributed by atoms with Gasteiger partial charge in [-0.1, -0.05) is 30.3 Å². The summed E-state index contributed by atoms with van der Waals surface area (Å²) >= 11 is 0. The Balaban J connectivity index is 1.89. The summed E-state index contributed by atoms with van der Waals surface area (Å²) in [6.45, 7) is 8.90. The minimum absolute atomic E-state index is 0.219. The Morgan fingerprint density at radius 3 is 2.68 bits per heavy atom. The van der Waals surface area contributed by atoms with E-state index in [1.54, 1.807) is 0 Å². The van der Waals surface area contributed by atoms with E-state index in [0.29, 0.717) is 6.61 Å². The zero-order valence-electron chi connectivity index (χ0n) is 15.4.